The number of nitrogens with zero attached hydrogens (tertiary/aromatic N) is 1. The van der Waals surface area contributed by atoms with Crippen molar-refractivity contribution in [2.75, 3.05) is 13.2 Å². The Hall–Kier alpha value is -4.19. The third-order valence-electron chi connectivity index (χ3n) is 7.28. The normalized spacial score (nSPS) is 13.1. The quantitative estimate of drug-likeness (QED) is 0.0703. The minimum atomic E-state index is -0.583. The maximum Gasteiger partial charge on any atom is 0.343 e. The van der Waals surface area contributed by atoms with Crippen LogP contribution in [0.4, 0.5) is 0 Å². The van der Waals surface area contributed by atoms with Gasteiger partial charge < -0.3 is 9.47 Å². The lowest BCUT2D eigenvalue weighted by molar-refractivity contribution is 0.0645. The van der Waals surface area contributed by atoms with Crippen LogP contribution in [0.3, 0.4) is 0 Å². The lowest BCUT2D eigenvalue weighted by Gasteiger charge is -2.17. The van der Waals surface area contributed by atoms with Crippen molar-refractivity contribution in [3.05, 3.63) is 95.1 Å². The number of carbonyl (C=O) groups is 3. The van der Waals surface area contributed by atoms with E-state index in [4.69, 9.17) is 9.47 Å². The molecular formula is C35H39NO5. The topological polar surface area (TPSA) is 72.9 Å². The highest BCUT2D eigenvalue weighted by Crippen LogP contribution is 2.28. The number of hydrogen-bond donors (Lipinski definition) is 0. The van der Waals surface area contributed by atoms with E-state index in [0.29, 0.717) is 30.4 Å². The Bertz CT molecular complexity index is 1400. The molecule has 0 saturated carbocycles. The molecule has 3 aromatic carbocycles. The molecule has 3 aromatic rings. The number of carbonyl (C=O) groups excluding carboxylic acids is 3. The molecule has 0 aliphatic carbocycles. The van der Waals surface area contributed by atoms with E-state index in [1.165, 1.54) is 22.6 Å². The zero-order valence-corrected chi connectivity index (χ0v) is 24.4. The molecule has 1 heterocycles. The average Bonchev–Trinajstić information content (AvgIpc) is 3.21. The van der Waals surface area contributed by atoms with E-state index >= 15 is 0 Å². The van der Waals surface area contributed by atoms with Gasteiger partial charge >= 0.3 is 5.97 Å². The summed E-state index contributed by atoms with van der Waals surface area (Å²) in [5.41, 5.74) is 4.11. The summed E-state index contributed by atoms with van der Waals surface area (Å²) in [4.78, 5) is 40.1. The molecule has 2 amide bonds. The van der Waals surface area contributed by atoms with Crippen LogP contribution in [-0.2, 0) is 0 Å². The Morgan fingerprint density at radius 1 is 0.854 bits per heavy atom. The molecule has 0 radical (unpaired) electrons. The van der Waals surface area contributed by atoms with E-state index in [0.717, 1.165) is 49.0 Å². The van der Waals surface area contributed by atoms with E-state index in [1.54, 1.807) is 18.2 Å². The fourth-order valence-electron chi connectivity index (χ4n) is 4.73. The number of unbranched alkanes of at least 4 members (excludes halogenated alkanes) is 1. The highest BCUT2D eigenvalue weighted by Gasteiger charge is 2.36. The Labute approximate surface area is 243 Å². The first-order chi connectivity index (χ1) is 19.8. The summed E-state index contributed by atoms with van der Waals surface area (Å²) in [6.07, 6.45) is 7.06. The van der Waals surface area contributed by atoms with Gasteiger partial charge in [0.05, 0.1) is 23.3 Å². The molecular weight excluding hydrogens is 514 g/mol. The van der Waals surface area contributed by atoms with Gasteiger partial charge in [0, 0.05) is 6.54 Å². The number of hydrogen-bond acceptors (Lipinski definition) is 5. The summed E-state index contributed by atoms with van der Waals surface area (Å²) in [6.45, 7) is 9.50. The molecule has 41 heavy (non-hydrogen) atoms. The van der Waals surface area contributed by atoms with Gasteiger partial charge in [0.1, 0.15) is 11.5 Å². The van der Waals surface area contributed by atoms with Crippen LogP contribution in [0.15, 0.2) is 78.4 Å². The molecule has 0 aromatic heterocycles. The van der Waals surface area contributed by atoms with Gasteiger partial charge in [-0.2, -0.15) is 0 Å². The van der Waals surface area contributed by atoms with Crippen LogP contribution in [0.25, 0.3) is 11.1 Å². The van der Waals surface area contributed by atoms with Gasteiger partial charge in [0.2, 0.25) is 0 Å². The number of ether oxygens (including phenoxy) is 2. The fraction of sp³-hybridized carbons (Fsp3) is 0.343. The van der Waals surface area contributed by atoms with Crippen molar-refractivity contribution in [2.24, 2.45) is 5.92 Å². The zero-order valence-electron chi connectivity index (χ0n) is 24.4. The van der Waals surface area contributed by atoms with Crippen LogP contribution in [0, 0.1) is 5.92 Å². The SMILES string of the molecule is CCCCOc1ccc(-c2ccc(OC(=O)c3ccc4c(c3)C(=O)N(CC[C@@H](C)CCC=C(C)C)C4=O)cc2)cc1. The molecule has 0 fully saturated rings. The summed E-state index contributed by atoms with van der Waals surface area (Å²) < 4.78 is 11.3. The van der Waals surface area contributed by atoms with Gasteiger partial charge in [-0.15, -0.1) is 0 Å². The van der Waals surface area contributed by atoms with Crippen molar-refractivity contribution >= 4 is 17.8 Å². The van der Waals surface area contributed by atoms with E-state index in [1.807, 2.05) is 36.4 Å². The van der Waals surface area contributed by atoms with E-state index in [9.17, 15) is 14.4 Å². The average molecular weight is 554 g/mol. The Balaban J connectivity index is 1.35. The minimum absolute atomic E-state index is 0.226. The first-order valence-corrected chi connectivity index (χ1v) is 14.5. The highest BCUT2D eigenvalue weighted by atomic mass is 16.5. The number of benzene rings is 3. The van der Waals surface area contributed by atoms with Gasteiger partial charge in [-0.25, -0.2) is 4.79 Å². The standard InChI is InChI=1S/C35H39NO5/c1-5-6-22-40-29-15-10-26(11-16-29)27-12-17-30(18-13-27)41-35(39)28-14-19-31-32(23-28)34(38)36(33(31)37)21-20-25(4)9-7-8-24(2)3/h8,10-19,23,25H,5-7,9,20-22H2,1-4H3/t25-/m0/s1. The predicted octanol–water partition coefficient (Wildman–Crippen LogP) is 8.12. The third-order valence-corrected chi connectivity index (χ3v) is 7.28. The minimum Gasteiger partial charge on any atom is -0.494 e. The summed E-state index contributed by atoms with van der Waals surface area (Å²) in [5, 5.41) is 0. The number of esters is 1. The lowest BCUT2D eigenvalue weighted by Crippen LogP contribution is -2.31. The maximum absolute atomic E-state index is 13.1. The maximum atomic E-state index is 13.1. The molecule has 0 spiro atoms. The monoisotopic (exact) mass is 553 g/mol. The first-order valence-electron chi connectivity index (χ1n) is 14.5. The largest absolute Gasteiger partial charge is 0.494 e. The van der Waals surface area contributed by atoms with Crippen LogP contribution in [0.1, 0.15) is 90.9 Å². The van der Waals surface area contributed by atoms with Gasteiger partial charge in [0.25, 0.3) is 11.8 Å². The van der Waals surface area contributed by atoms with Crippen molar-refractivity contribution in [1.82, 2.24) is 4.90 Å². The van der Waals surface area contributed by atoms with Gasteiger partial charge in [-0.3, -0.25) is 14.5 Å². The molecule has 6 nitrogen and oxygen atoms in total. The second kappa shape index (κ2) is 13.9. The second-order valence-electron chi connectivity index (χ2n) is 10.9. The molecule has 214 valence electrons. The molecule has 0 bridgehead atoms. The fourth-order valence-corrected chi connectivity index (χ4v) is 4.73. The summed E-state index contributed by atoms with van der Waals surface area (Å²) in [7, 11) is 0. The van der Waals surface area contributed by atoms with Crippen molar-refractivity contribution < 1.29 is 23.9 Å². The van der Waals surface area contributed by atoms with Crippen molar-refractivity contribution in [3.63, 3.8) is 0 Å². The zero-order chi connectivity index (χ0) is 29.4. The van der Waals surface area contributed by atoms with Crippen LogP contribution in [0.5, 0.6) is 11.5 Å². The lowest BCUT2D eigenvalue weighted by atomic mass is 10.0. The number of rotatable bonds is 13. The van der Waals surface area contributed by atoms with E-state index in [-0.39, 0.29) is 22.9 Å². The molecule has 0 saturated heterocycles. The highest BCUT2D eigenvalue weighted by molar-refractivity contribution is 6.22. The number of fused-ring (bicyclic) bond motifs is 1. The van der Waals surface area contributed by atoms with Crippen LogP contribution in [0.2, 0.25) is 0 Å². The van der Waals surface area contributed by atoms with Gasteiger partial charge in [-0.1, -0.05) is 56.2 Å². The van der Waals surface area contributed by atoms with Crippen molar-refractivity contribution in [2.45, 2.75) is 59.8 Å². The van der Waals surface area contributed by atoms with Crippen LogP contribution in [-0.4, -0.2) is 35.8 Å². The molecule has 0 unspecified atom stereocenters. The number of amides is 2. The molecule has 1 atom stereocenters. The molecule has 4 rings (SSSR count). The third kappa shape index (κ3) is 7.72. The molecule has 1 aliphatic rings. The summed E-state index contributed by atoms with van der Waals surface area (Å²) >= 11 is 0. The Morgan fingerprint density at radius 3 is 2.12 bits per heavy atom. The summed E-state index contributed by atoms with van der Waals surface area (Å²) in [5.74, 6) is 0.372. The Morgan fingerprint density at radius 2 is 1.49 bits per heavy atom. The predicted molar refractivity (Wildman–Crippen MR) is 161 cm³/mol. The smallest absolute Gasteiger partial charge is 0.343 e. The van der Waals surface area contributed by atoms with Gasteiger partial charge in [0.15, 0.2) is 0 Å². The molecule has 6 heteroatoms. The summed E-state index contributed by atoms with van der Waals surface area (Å²) in [6, 6.07) is 19.7. The molecule has 1 aliphatic heterocycles. The van der Waals surface area contributed by atoms with E-state index in [2.05, 4.69) is 33.8 Å². The molecule has 0 N–H and O–H groups in total. The number of imide groups is 1. The number of allylic oxidation sites excluding steroid dienone is 2. The Kier molecular flexibility index (Phi) is 10.1. The van der Waals surface area contributed by atoms with E-state index < -0.39 is 5.97 Å². The van der Waals surface area contributed by atoms with Crippen molar-refractivity contribution in [3.8, 4) is 22.6 Å². The van der Waals surface area contributed by atoms with Crippen molar-refractivity contribution in [1.29, 1.82) is 0 Å². The van der Waals surface area contributed by atoms with Gasteiger partial charge in [-0.05, 0) is 99.0 Å². The first kappa shape index (κ1) is 29.8. The second-order valence-corrected chi connectivity index (χ2v) is 10.9. The van der Waals surface area contributed by atoms with Crippen LogP contribution < -0.4 is 9.47 Å². The van der Waals surface area contributed by atoms with Crippen LogP contribution >= 0.6 is 0 Å².